The van der Waals surface area contributed by atoms with Crippen LogP contribution in [0.2, 0.25) is 0 Å². The number of hydrogen-bond donors (Lipinski definition) is 1. The van der Waals surface area contributed by atoms with Gasteiger partial charge in [0.05, 0.1) is 0 Å². The van der Waals surface area contributed by atoms with E-state index in [1.165, 1.54) is 0 Å². The molecule has 0 rings (SSSR count). The largest absolute Gasteiger partial charge is 0.476 e. The van der Waals surface area contributed by atoms with E-state index in [2.05, 4.69) is 41.9 Å². The molecule has 0 aliphatic carbocycles. The molecule has 1 N–H and O–H groups in total. The lowest BCUT2D eigenvalue weighted by atomic mass is 10.3. The number of Topliss-reactive ketones (excluding diaryl/α,β-unsaturated/α-hetero) is 1. The summed E-state index contributed by atoms with van der Waals surface area (Å²) in [5.74, 6) is -2.13. The van der Waals surface area contributed by atoms with Gasteiger partial charge in [-0.25, -0.2) is 4.79 Å². The highest BCUT2D eigenvalue weighted by atomic mass is 79.9. The summed E-state index contributed by atoms with van der Waals surface area (Å²) in [7, 11) is 1.16. The molecule has 0 bridgehead atoms. The number of oxime groups is 1. The number of halogens is 2. The summed E-state index contributed by atoms with van der Waals surface area (Å²) in [6, 6.07) is 0. The van der Waals surface area contributed by atoms with Crippen molar-refractivity contribution in [3.63, 3.8) is 0 Å². The Hall–Kier alpha value is -0.430. The molecule has 0 aromatic rings. The van der Waals surface area contributed by atoms with Crippen LogP contribution in [-0.2, 0) is 14.4 Å². The Morgan fingerprint density at radius 3 is 2.25 bits per heavy atom. The Morgan fingerprint density at radius 1 is 1.50 bits per heavy atom. The maximum atomic E-state index is 11.0. The van der Waals surface area contributed by atoms with Crippen LogP contribution < -0.4 is 0 Å². The van der Waals surface area contributed by atoms with E-state index >= 15 is 0 Å². The van der Waals surface area contributed by atoms with Crippen LogP contribution >= 0.6 is 31.9 Å². The van der Waals surface area contributed by atoms with Crippen molar-refractivity contribution < 1.29 is 19.5 Å². The van der Waals surface area contributed by atoms with E-state index in [0.29, 0.717) is 0 Å². The third kappa shape index (κ3) is 3.31. The minimum Gasteiger partial charge on any atom is -0.476 e. The minimum absolute atomic E-state index is 0.656. The van der Waals surface area contributed by atoms with Crippen molar-refractivity contribution in [3.05, 3.63) is 0 Å². The molecule has 0 aliphatic heterocycles. The van der Waals surface area contributed by atoms with E-state index in [-0.39, 0.29) is 0 Å². The fourth-order valence-electron chi connectivity index (χ4n) is 0.384. The quantitative estimate of drug-likeness (QED) is 0.360. The van der Waals surface area contributed by atoms with Crippen LogP contribution in [-0.4, -0.2) is 33.4 Å². The Morgan fingerprint density at radius 2 is 2.00 bits per heavy atom. The lowest BCUT2D eigenvalue weighted by molar-refractivity contribution is -0.130. The molecule has 0 aromatic heterocycles. The Balaban J connectivity index is 4.65. The smallest absolute Gasteiger partial charge is 0.361 e. The van der Waals surface area contributed by atoms with E-state index in [1.807, 2.05) is 0 Å². The van der Waals surface area contributed by atoms with Gasteiger partial charge in [-0.1, -0.05) is 37.0 Å². The Bertz CT molecular complexity index is 225. The third-order valence-corrected chi connectivity index (χ3v) is 1.65. The maximum absolute atomic E-state index is 11.0. The molecule has 0 saturated heterocycles. The van der Waals surface area contributed by atoms with Crippen LogP contribution in [0.25, 0.3) is 0 Å². The van der Waals surface area contributed by atoms with Crippen molar-refractivity contribution in [2.24, 2.45) is 5.16 Å². The predicted octanol–water partition coefficient (Wildman–Crippen LogP) is 0.758. The average molecular weight is 303 g/mol. The molecule has 0 radical (unpaired) electrons. The number of aliphatic carboxylic acids is 1. The Labute approximate surface area is 85.0 Å². The standard InChI is InChI=1S/C5H5Br2NO4/c1-12-8-2(5(10)11)3(9)4(6)7/h4H,1H3,(H,10,11)/b8-2-. The van der Waals surface area contributed by atoms with Crippen molar-refractivity contribution >= 4 is 49.3 Å². The number of hydrogen-bond acceptors (Lipinski definition) is 4. The summed E-state index contributed by atoms with van der Waals surface area (Å²) in [5, 5.41) is 11.5. The molecule has 0 saturated carbocycles. The summed E-state index contributed by atoms with van der Waals surface area (Å²) in [6.45, 7) is 0. The second kappa shape index (κ2) is 5.26. The van der Waals surface area contributed by atoms with Gasteiger partial charge in [0, 0.05) is 0 Å². The molecule has 0 atom stereocenters. The topological polar surface area (TPSA) is 76.0 Å². The molecule has 0 aliphatic rings. The molecule has 5 nitrogen and oxygen atoms in total. The first kappa shape index (κ1) is 11.6. The van der Waals surface area contributed by atoms with Crippen molar-refractivity contribution in [2.75, 3.05) is 7.11 Å². The number of carboxylic acids is 1. The highest BCUT2D eigenvalue weighted by Gasteiger charge is 2.25. The van der Waals surface area contributed by atoms with Crippen LogP contribution in [0.1, 0.15) is 0 Å². The lowest BCUT2D eigenvalue weighted by Crippen LogP contribution is -2.28. The van der Waals surface area contributed by atoms with Gasteiger partial charge in [0.1, 0.15) is 10.8 Å². The number of nitrogens with zero attached hydrogens (tertiary/aromatic N) is 1. The SMILES string of the molecule is CO/N=C(\C(=O)O)C(=O)C(Br)Br. The molecule has 0 fully saturated rings. The van der Waals surface area contributed by atoms with Gasteiger partial charge in [-0.2, -0.15) is 0 Å². The predicted molar refractivity (Wildman–Crippen MR) is 48.7 cm³/mol. The summed E-state index contributed by atoms with van der Waals surface area (Å²) in [4.78, 5) is 25.5. The number of alkyl halides is 2. The zero-order chi connectivity index (χ0) is 9.72. The van der Waals surface area contributed by atoms with Crippen molar-refractivity contribution in [1.29, 1.82) is 0 Å². The molecular formula is C5H5Br2NO4. The first-order chi connectivity index (χ1) is 5.50. The van der Waals surface area contributed by atoms with Gasteiger partial charge in [0.15, 0.2) is 0 Å². The second-order valence-electron chi connectivity index (χ2n) is 1.59. The van der Waals surface area contributed by atoms with Crippen LogP contribution in [0.4, 0.5) is 0 Å². The number of ketones is 1. The van der Waals surface area contributed by atoms with Crippen molar-refractivity contribution in [1.82, 2.24) is 0 Å². The van der Waals surface area contributed by atoms with Gasteiger partial charge in [0.25, 0.3) is 0 Å². The fraction of sp³-hybridized carbons (Fsp3) is 0.400. The zero-order valence-electron chi connectivity index (χ0n) is 5.95. The van der Waals surface area contributed by atoms with Gasteiger partial charge in [0.2, 0.25) is 11.5 Å². The van der Waals surface area contributed by atoms with E-state index in [0.717, 1.165) is 7.11 Å². The molecule has 7 heteroatoms. The average Bonchev–Trinajstić information content (AvgIpc) is 1.98. The molecule has 0 unspecified atom stereocenters. The highest BCUT2D eigenvalue weighted by molar-refractivity contribution is 9.25. The second-order valence-corrected chi connectivity index (χ2v) is 4.65. The molecule has 12 heavy (non-hydrogen) atoms. The fourth-order valence-corrected chi connectivity index (χ4v) is 0.818. The molecule has 0 spiro atoms. The first-order valence-electron chi connectivity index (χ1n) is 2.67. The number of carbonyl (C=O) groups excluding carboxylic acids is 1. The summed E-state index contributed by atoms with van der Waals surface area (Å²) < 4.78 is -0.769. The van der Waals surface area contributed by atoms with Gasteiger partial charge in [-0.15, -0.1) is 0 Å². The van der Waals surface area contributed by atoms with Crippen molar-refractivity contribution in [2.45, 2.75) is 3.74 Å². The maximum Gasteiger partial charge on any atom is 0.361 e. The molecule has 0 heterocycles. The van der Waals surface area contributed by atoms with E-state index < -0.39 is 21.2 Å². The number of rotatable bonds is 4. The monoisotopic (exact) mass is 301 g/mol. The first-order valence-corrected chi connectivity index (χ1v) is 4.50. The molecule has 68 valence electrons. The molecule has 0 aromatic carbocycles. The van der Waals surface area contributed by atoms with E-state index in [9.17, 15) is 9.59 Å². The Kier molecular flexibility index (Phi) is 5.07. The van der Waals surface area contributed by atoms with Crippen LogP contribution in [0.15, 0.2) is 5.16 Å². The molecule has 0 amide bonds. The van der Waals surface area contributed by atoms with Crippen molar-refractivity contribution in [3.8, 4) is 0 Å². The third-order valence-electron chi connectivity index (χ3n) is 0.817. The van der Waals surface area contributed by atoms with Gasteiger partial charge in [-0.3, -0.25) is 4.79 Å². The normalized spacial score (nSPS) is 11.5. The van der Waals surface area contributed by atoms with Crippen LogP contribution in [0, 0.1) is 0 Å². The minimum atomic E-state index is -1.43. The number of carboxylic acid groups (broad SMARTS) is 1. The zero-order valence-corrected chi connectivity index (χ0v) is 9.12. The summed E-state index contributed by atoms with van der Waals surface area (Å²) >= 11 is 5.69. The van der Waals surface area contributed by atoms with Crippen LogP contribution in [0.5, 0.6) is 0 Å². The van der Waals surface area contributed by atoms with E-state index in [1.54, 1.807) is 0 Å². The lowest BCUT2D eigenvalue weighted by Gasteiger charge is -1.99. The highest BCUT2D eigenvalue weighted by Crippen LogP contribution is 2.10. The number of carbonyl (C=O) groups is 2. The molecular weight excluding hydrogens is 298 g/mol. The summed E-state index contributed by atoms with van der Waals surface area (Å²) in [5.41, 5.74) is -0.656. The summed E-state index contributed by atoms with van der Waals surface area (Å²) in [6.07, 6.45) is 0. The van der Waals surface area contributed by atoms with Gasteiger partial charge < -0.3 is 9.94 Å². The van der Waals surface area contributed by atoms with Crippen LogP contribution in [0.3, 0.4) is 0 Å². The van der Waals surface area contributed by atoms with E-state index in [4.69, 9.17) is 5.11 Å². The van der Waals surface area contributed by atoms with Gasteiger partial charge >= 0.3 is 5.97 Å². The van der Waals surface area contributed by atoms with Gasteiger partial charge in [-0.05, 0) is 0 Å².